The van der Waals surface area contributed by atoms with E-state index in [0.717, 1.165) is 23.7 Å². The SMILES string of the molecule is C.C.C.C.C.C.C.C.CC(C)CCC(C)C.CCC(C)CCC(C)CC. The molecule has 2 unspecified atom stereocenters. The van der Waals surface area contributed by atoms with Gasteiger partial charge in [0.15, 0.2) is 0 Å². The van der Waals surface area contributed by atoms with E-state index in [-0.39, 0.29) is 59.4 Å². The molecule has 0 spiro atoms. The summed E-state index contributed by atoms with van der Waals surface area (Å²) in [5.74, 6) is 3.65. The maximum Gasteiger partial charge on any atom is -0.0445 e. The molecule has 0 amide bonds. The van der Waals surface area contributed by atoms with Crippen LogP contribution >= 0.6 is 0 Å². The first-order valence-electron chi connectivity index (χ1n) is 8.33. The lowest BCUT2D eigenvalue weighted by molar-refractivity contribution is 0.415. The maximum absolute atomic E-state index is 2.35. The molecule has 176 valence electrons. The van der Waals surface area contributed by atoms with E-state index in [1.807, 2.05) is 0 Å². The number of hydrogen-bond acceptors (Lipinski definition) is 0. The highest BCUT2D eigenvalue weighted by atomic mass is 14.1. The van der Waals surface area contributed by atoms with Gasteiger partial charge in [-0.15, -0.1) is 0 Å². The topological polar surface area (TPSA) is 0 Å². The molecule has 0 aliphatic rings. The smallest absolute Gasteiger partial charge is 0.0445 e. The van der Waals surface area contributed by atoms with E-state index in [1.54, 1.807) is 0 Å². The minimum absolute atomic E-state index is 0. The van der Waals surface area contributed by atoms with Crippen LogP contribution in [0, 0.1) is 23.7 Å². The van der Waals surface area contributed by atoms with E-state index in [0.29, 0.717) is 0 Å². The fourth-order valence-corrected chi connectivity index (χ4v) is 1.64. The molecule has 0 nitrogen and oxygen atoms in total. The predicted octanol–water partition coefficient (Wildman–Crippen LogP) is 12.0. The summed E-state index contributed by atoms with van der Waals surface area (Å²) in [6.45, 7) is 18.4. The van der Waals surface area contributed by atoms with E-state index >= 15 is 0 Å². The van der Waals surface area contributed by atoms with Crippen LogP contribution < -0.4 is 0 Å². The largest absolute Gasteiger partial charge is 0.0776 e. The van der Waals surface area contributed by atoms with Crippen molar-refractivity contribution in [2.24, 2.45) is 23.7 Å². The summed E-state index contributed by atoms with van der Waals surface area (Å²) >= 11 is 0. The highest BCUT2D eigenvalue weighted by molar-refractivity contribution is 4.54. The van der Waals surface area contributed by atoms with Crippen molar-refractivity contribution in [1.82, 2.24) is 0 Å². The third kappa shape index (κ3) is 64.8. The van der Waals surface area contributed by atoms with E-state index < -0.39 is 0 Å². The zero-order valence-corrected chi connectivity index (χ0v) is 14.6. The fourth-order valence-electron chi connectivity index (χ4n) is 1.64. The molecule has 0 fully saturated rings. The van der Waals surface area contributed by atoms with Gasteiger partial charge in [-0.2, -0.15) is 0 Å². The molecule has 0 N–H and O–H groups in total. The summed E-state index contributed by atoms with van der Waals surface area (Å²) in [7, 11) is 0. The molecule has 0 saturated heterocycles. The average Bonchev–Trinajstić information content (AvgIpc) is 2.33. The van der Waals surface area contributed by atoms with Crippen molar-refractivity contribution in [3.8, 4) is 0 Å². The first-order chi connectivity index (χ1) is 8.33. The second-order valence-corrected chi connectivity index (χ2v) is 6.97. The van der Waals surface area contributed by atoms with Gasteiger partial charge in [0.25, 0.3) is 0 Å². The second-order valence-electron chi connectivity index (χ2n) is 6.97. The summed E-state index contributed by atoms with van der Waals surface area (Å²) in [5.41, 5.74) is 0. The van der Waals surface area contributed by atoms with Crippen LogP contribution in [0.4, 0.5) is 0 Å². The Balaban J connectivity index is -0.0000000190. The average molecular weight is 385 g/mol. The molecular weight excluding hydrogens is 312 g/mol. The predicted molar refractivity (Wildman–Crippen MR) is 141 cm³/mol. The summed E-state index contributed by atoms with van der Waals surface area (Å²) in [5, 5.41) is 0. The highest BCUT2D eigenvalue weighted by Gasteiger charge is 2.02. The van der Waals surface area contributed by atoms with Gasteiger partial charge in [0.1, 0.15) is 0 Å². The zero-order valence-electron chi connectivity index (χ0n) is 14.6. The normalized spacial score (nSPS) is 9.92. The van der Waals surface area contributed by atoms with Crippen LogP contribution in [0.2, 0.25) is 0 Å². The molecule has 0 heterocycles. The Labute approximate surface area is 177 Å². The van der Waals surface area contributed by atoms with Crippen LogP contribution in [-0.2, 0) is 0 Å². The summed E-state index contributed by atoms with van der Waals surface area (Å²) in [6.07, 6.45) is 8.30. The van der Waals surface area contributed by atoms with E-state index in [9.17, 15) is 0 Å². The molecule has 0 saturated carbocycles. The van der Waals surface area contributed by atoms with Crippen LogP contribution in [0.25, 0.3) is 0 Å². The van der Waals surface area contributed by atoms with E-state index in [4.69, 9.17) is 0 Å². The Morgan fingerprint density at radius 2 is 0.577 bits per heavy atom. The molecule has 0 aromatic carbocycles. The molecule has 26 heavy (non-hydrogen) atoms. The van der Waals surface area contributed by atoms with Gasteiger partial charge in [0, 0.05) is 0 Å². The fraction of sp³-hybridized carbons (Fsp3) is 1.00. The highest BCUT2D eigenvalue weighted by Crippen LogP contribution is 2.16. The molecule has 0 aromatic heterocycles. The van der Waals surface area contributed by atoms with Crippen LogP contribution in [0.5, 0.6) is 0 Å². The molecule has 0 aromatic rings. The lowest BCUT2D eigenvalue weighted by atomic mass is 9.95. The van der Waals surface area contributed by atoms with Crippen molar-refractivity contribution in [1.29, 1.82) is 0 Å². The Morgan fingerprint density at radius 3 is 0.692 bits per heavy atom. The van der Waals surface area contributed by atoms with Gasteiger partial charge < -0.3 is 0 Å². The van der Waals surface area contributed by atoms with Crippen molar-refractivity contribution in [3.05, 3.63) is 0 Å². The minimum atomic E-state index is 0. The Morgan fingerprint density at radius 1 is 0.385 bits per heavy atom. The standard InChI is InChI=1S/C10H22.C8H18.8CH4/c1-5-9(3)7-8-10(4)6-2;1-7(2)5-6-8(3)4;;;;;;;;/h9-10H,5-8H2,1-4H3;7-8H,5-6H2,1-4H3;8*1H4. The van der Waals surface area contributed by atoms with Gasteiger partial charge in [0.2, 0.25) is 0 Å². The van der Waals surface area contributed by atoms with Crippen LogP contribution in [0.3, 0.4) is 0 Å². The van der Waals surface area contributed by atoms with Gasteiger partial charge in [-0.1, -0.05) is 153 Å². The van der Waals surface area contributed by atoms with Gasteiger partial charge >= 0.3 is 0 Å². The van der Waals surface area contributed by atoms with Gasteiger partial charge in [0.05, 0.1) is 0 Å². The zero-order chi connectivity index (χ0) is 14.6. The molecule has 0 rings (SSSR count). The summed E-state index contributed by atoms with van der Waals surface area (Å²) in [4.78, 5) is 0. The van der Waals surface area contributed by atoms with Crippen molar-refractivity contribution in [2.45, 2.75) is 153 Å². The lowest BCUT2D eigenvalue weighted by Gasteiger charge is -2.11. The van der Waals surface area contributed by atoms with E-state index in [2.05, 4.69) is 55.4 Å². The Bertz CT molecular complexity index is 128. The van der Waals surface area contributed by atoms with E-state index in [1.165, 1.54) is 38.5 Å². The lowest BCUT2D eigenvalue weighted by Crippen LogP contribution is -1.97. The van der Waals surface area contributed by atoms with Crippen molar-refractivity contribution in [3.63, 3.8) is 0 Å². The number of hydrogen-bond donors (Lipinski definition) is 0. The maximum atomic E-state index is 2.35. The monoisotopic (exact) mass is 385 g/mol. The molecule has 0 aliphatic carbocycles. The first kappa shape index (κ1) is 63.5. The molecular formula is C26H72. The Hall–Kier alpha value is 0. The summed E-state index contributed by atoms with van der Waals surface area (Å²) in [6, 6.07) is 0. The molecule has 2 atom stereocenters. The van der Waals surface area contributed by atoms with Crippen molar-refractivity contribution >= 4 is 0 Å². The van der Waals surface area contributed by atoms with Gasteiger partial charge in [-0.05, 0) is 23.7 Å². The quantitative estimate of drug-likeness (QED) is 0.390. The molecule has 0 bridgehead atoms. The number of rotatable bonds is 8. The molecule has 0 aliphatic heterocycles. The summed E-state index contributed by atoms with van der Waals surface area (Å²) < 4.78 is 0. The Kier molecular flexibility index (Phi) is 109. The third-order valence-corrected chi connectivity index (χ3v) is 3.87. The molecule has 0 heteroatoms. The van der Waals surface area contributed by atoms with Crippen molar-refractivity contribution in [2.75, 3.05) is 0 Å². The van der Waals surface area contributed by atoms with Crippen LogP contribution in [-0.4, -0.2) is 0 Å². The third-order valence-electron chi connectivity index (χ3n) is 3.87. The van der Waals surface area contributed by atoms with Crippen LogP contribution in [0.15, 0.2) is 0 Å². The van der Waals surface area contributed by atoms with Gasteiger partial charge in [-0.25, -0.2) is 0 Å². The first-order valence-corrected chi connectivity index (χ1v) is 8.33. The van der Waals surface area contributed by atoms with Gasteiger partial charge in [-0.3, -0.25) is 0 Å². The second kappa shape index (κ2) is 44.4. The minimum Gasteiger partial charge on any atom is -0.0776 e. The van der Waals surface area contributed by atoms with Crippen LogP contribution in [0.1, 0.15) is 153 Å². The van der Waals surface area contributed by atoms with Crippen molar-refractivity contribution < 1.29 is 0 Å². The molecule has 0 radical (unpaired) electrons.